The Bertz CT molecular complexity index is 1020. The lowest BCUT2D eigenvalue weighted by Crippen LogP contribution is -2.33. The fourth-order valence-corrected chi connectivity index (χ4v) is 4.31. The number of nitrogens with one attached hydrogen (secondary N) is 1. The van der Waals surface area contributed by atoms with Crippen molar-refractivity contribution in [3.05, 3.63) is 52.9 Å². The Morgan fingerprint density at radius 3 is 2.63 bits per heavy atom. The van der Waals surface area contributed by atoms with E-state index in [4.69, 9.17) is 11.6 Å². The number of carbonyl (C=O) groups is 1. The highest BCUT2D eigenvalue weighted by Crippen LogP contribution is 2.27. The summed E-state index contributed by atoms with van der Waals surface area (Å²) in [4.78, 5) is 24.2. The zero-order valence-corrected chi connectivity index (χ0v) is 18.3. The topological polar surface area (TPSA) is 63.1 Å². The lowest BCUT2D eigenvalue weighted by molar-refractivity contribution is 0.102. The number of nitrogens with zero attached hydrogens (tertiary/aromatic N) is 4. The van der Waals surface area contributed by atoms with Crippen LogP contribution in [-0.2, 0) is 6.54 Å². The number of hydrogen-bond acceptors (Lipinski definition) is 4. The Kier molecular flexibility index (Phi) is 6.35. The summed E-state index contributed by atoms with van der Waals surface area (Å²) in [6, 6.07) is 7.64. The van der Waals surface area contributed by atoms with Crippen LogP contribution in [0.4, 0.5) is 5.69 Å². The van der Waals surface area contributed by atoms with E-state index in [0.717, 1.165) is 42.3 Å². The van der Waals surface area contributed by atoms with E-state index >= 15 is 0 Å². The molecule has 0 unspecified atom stereocenters. The Morgan fingerprint density at radius 2 is 1.93 bits per heavy atom. The third-order valence-electron chi connectivity index (χ3n) is 6.06. The van der Waals surface area contributed by atoms with Crippen molar-refractivity contribution >= 4 is 34.4 Å². The number of rotatable bonds is 6. The molecule has 0 spiro atoms. The van der Waals surface area contributed by atoms with Gasteiger partial charge in [-0.2, -0.15) is 0 Å². The Hall–Kier alpha value is -2.44. The van der Waals surface area contributed by atoms with Crippen molar-refractivity contribution in [3.63, 3.8) is 0 Å². The summed E-state index contributed by atoms with van der Waals surface area (Å²) in [6.07, 6.45) is 6.94. The van der Waals surface area contributed by atoms with E-state index < -0.39 is 0 Å². The summed E-state index contributed by atoms with van der Waals surface area (Å²) >= 11 is 6.54. The zero-order chi connectivity index (χ0) is 21.1. The van der Waals surface area contributed by atoms with Crippen LogP contribution in [0, 0.1) is 12.8 Å². The maximum atomic E-state index is 12.7. The number of hydrogen-bond donors (Lipinski definition) is 1. The van der Waals surface area contributed by atoms with Crippen LogP contribution >= 0.6 is 11.6 Å². The number of fused-ring (bicyclic) bond motifs is 1. The Balaban J connectivity index is 1.45. The van der Waals surface area contributed by atoms with E-state index in [1.807, 2.05) is 31.2 Å². The Labute approximate surface area is 182 Å². The number of amides is 1. The van der Waals surface area contributed by atoms with Crippen LogP contribution in [0.25, 0.3) is 11.2 Å². The van der Waals surface area contributed by atoms with Gasteiger partial charge in [0.2, 0.25) is 0 Å². The maximum absolute atomic E-state index is 12.7. The lowest BCUT2D eigenvalue weighted by Gasteiger charge is -2.31. The molecule has 1 aromatic carbocycles. The number of benzene rings is 1. The van der Waals surface area contributed by atoms with Crippen molar-refractivity contribution < 1.29 is 4.79 Å². The first-order valence-corrected chi connectivity index (χ1v) is 11.0. The molecule has 30 heavy (non-hydrogen) atoms. The standard InChI is InChI=1S/C23H28ClN5O/c1-3-28-11-8-17(9-12-28)10-13-29-15-26-21-20(24)19(14-25-22(21)29)23(30)27-18-6-4-16(2)5-7-18/h4-7,14-15,17H,3,8-13H2,1-2H3,(H,27,30). The second-order valence-corrected chi connectivity index (χ2v) is 8.46. The molecular weight excluding hydrogens is 398 g/mol. The highest BCUT2D eigenvalue weighted by atomic mass is 35.5. The van der Waals surface area contributed by atoms with Crippen molar-refractivity contribution in [3.8, 4) is 0 Å². The molecule has 1 fully saturated rings. The molecule has 0 atom stereocenters. The number of likely N-dealkylation sites (tertiary alicyclic amines) is 1. The van der Waals surface area contributed by atoms with E-state index in [1.54, 1.807) is 12.5 Å². The average Bonchev–Trinajstić information content (AvgIpc) is 3.18. The van der Waals surface area contributed by atoms with Crippen molar-refractivity contribution in [1.29, 1.82) is 0 Å². The molecule has 3 aromatic rings. The van der Waals surface area contributed by atoms with Crippen LogP contribution in [0.1, 0.15) is 42.1 Å². The van der Waals surface area contributed by atoms with Crippen LogP contribution in [0.5, 0.6) is 0 Å². The molecule has 0 saturated carbocycles. The van der Waals surface area contributed by atoms with E-state index in [-0.39, 0.29) is 5.91 Å². The van der Waals surface area contributed by atoms with Gasteiger partial charge in [0.1, 0.15) is 5.52 Å². The quantitative estimate of drug-likeness (QED) is 0.618. The van der Waals surface area contributed by atoms with Gasteiger partial charge in [0.05, 0.1) is 16.9 Å². The van der Waals surface area contributed by atoms with Crippen molar-refractivity contribution in [1.82, 2.24) is 19.4 Å². The van der Waals surface area contributed by atoms with E-state index in [0.29, 0.717) is 16.1 Å². The molecule has 7 heteroatoms. The van der Waals surface area contributed by atoms with Gasteiger partial charge in [0.25, 0.3) is 5.91 Å². The number of aryl methyl sites for hydroxylation is 2. The number of pyridine rings is 1. The van der Waals surface area contributed by atoms with Crippen LogP contribution < -0.4 is 5.32 Å². The molecule has 6 nitrogen and oxygen atoms in total. The zero-order valence-electron chi connectivity index (χ0n) is 17.6. The minimum Gasteiger partial charge on any atom is -0.322 e. The highest BCUT2D eigenvalue weighted by Gasteiger charge is 2.20. The monoisotopic (exact) mass is 425 g/mol. The molecule has 1 aliphatic rings. The fraction of sp³-hybridized carbons (Fsp3) is 0.435. The summed E-state index contributed by atoms with van der Waals surface area (Å²) in [5, 5.41) is 3.22. The molecule has 0 radical (unpaired) electrons. The fourth-order valence-electron chi connectivity index (χ4n) is 4.05. The van der Waals surface area contributed by atoms with Gasteiger partial charge in [-0.15, -0.1) is 0 Å². The van der Waals surface area contributed by atoms with Gasteiger partial charge in [-0.05, 0) is 63.9 Å². The molecule has 4 rings (SSSR count). The van der Waals surface area contributed by atoms with E-state index in [1.165, 1.54) is 25.9 Å². The van der Waals surface area contributed by atoms with Gasteiger partial charge in [-0.1, -0.05) is 36.2 Å². The second kappa shape index (κ2) is 9.14. The van der Waals surface area contributed by atoms with Gasteiger partial charge in [-0.25, -0.2) is 9.97 Å². The first kappa shape index (κ1) is 20.8. The summed E-state index contributed by atoms with van der Waals surface area (Å²) in [5.41, 5.74) is 3.51. The first-order chi connectivity index (χ1) is 14.5. The largest absolute Gasteiger partial charge is 0.322 e. The smallest absolute Gasteiger partial charge is 0.258 e. The predicted molar refractivity (Wildman–Crippen MR) is 121 cm³/mol. The molecule has 3 heterocycles. The molecule has 2 aromatic heterocycles. The van der Waals surface area contributed by atoms with Crippen molar-refractivity contribution in [2.45, 2.75) is 39.7 Å². The molecule has 0 aliphatic carbocycles. The average molecular weight is 426 g/mol. The third kappa shape index (κ3) is 4.50. The molecular formula is C23H28ClN5O. The normalized spacial score (nSPS) is 15.6. The van der Waals surface area contributed by atoms with E-state index in [9.17, 15) is 4.79 Å². The van der Waals surface area contributed by atoms with Crippen molar-refractivity contribution in [2.75, 3.05) is 25.0 Å². The van der Waals surface area contributed by atoms with Gasteiger partial charge in [-0.3, -0.25) is 4.79 Å². The lowest BCUT2D eigenvalue weighted by atomic mass is 9.93. The SMILES string of the molecule is CCN1CCC(CCn2cnc3c(Cl)c(C(=O)Nc4ccc(C)cc4)cnc32)CC1. The van der Waals surface area contributed by atoms with Crippen LogP contribution in [0.2, 0.25) is 5.02 Å². The van der Waals surface area contributed by atoms with Crippen LogP contribution in [0.3, 0.4) is 0 Å². The molecule has 1 N–H and O–H groups in total. The first-order valence-electron chi connectivity index (χ1n) is 10.6. The third-order valence-corrected chi connectivity index (χ3v) is 6.44. The predicted octanol–water partition coefficient (Wildman–Crippen LogP) is 4.77. The summed E-state index contributed by atoms with van der Waals surface area (Å²) in [7, 11) is 0. The van der Waals surface area contributed by atoms with Crippen LogP contribution in [0.15, 0.2) is 36.8 Å². The number of halogens is 1. The van der Waals surface area contributed by atoms with Crippen LogP contribution in [-0.4, -0.2) is 45.0 Å². The number of imidazole rings is 1. The number of piperidine rings is 1. The van der Waals surface area contributed by atoms with Gasteiger partial charge in [0, 0.05) is 18.4 Å². The Morgan fingerprint density at radius 1 is 1.20 bits per heavy atom. The molecule has 1 amide bonds. The van der Waals surface area contributed by atoms with Crippen molar-refractivity contribution in [2.24, 2.45) is 5.92 Å². The summed E-state index contributed by atoms with van der Waals surface area (Å²) < 4.78 is 2.05. The molecule has 1 aliphatic heterocycles. The molecule has 1 saturated heterocycles. The van der Waals surface area contributed by atoms with E-state index in [2.05, 4.69) is 31.7 Å². The molecule has 158 valence electrons. The minimum atomic E-state index is -0.282. The van der Waals surface area contributed by atoms with Gasteiger partial charge in [0.15, 0.2) is 5.65 Å². The summed E-state index contributed by atoms with van der Waals surface area (Å²) in [6.45, 7) is 8.62. The maximum Gasteiger partial charge on any atom is 0.258 e. The molecule has 0 bridgehead atoms. The number of anilines is 1. The number of aromatic nitrogens is 3. The number of carbonyl (C=O) groups excluding carboxylic acids is 1. The minimum absolute atomic E-state index is 0.282. The summed E-state index contributed by atoms with van der Waals surface area (Å²) in [5.74, 6) is 0.454. The van der Waals surface area contributed by atoms with Gasteiger partial charge >= 0.3 is 0 Å². The second-order valence-electron chi connectivity index (χ2n) is 8.08. The highest BCUT2D eigenvalue weighted by molar-refractivity contribution is 6.38. The van der Waals surface area contributed by atoms with Gasteiger partial charge < -0.3 is 14.8 Å².